The lowest BCUT2D eigenvalue weighted by molar-refractivity contribution is -0.155. The number of rotatable bonds is 9. The van der Waals surface area contributed by atoms with E-state index in [1.807, 2.05) is 49.4 Å². The van der Waals surface area contributed by atoms with Crippen molar-refractivity contribution in [2.24, 2.45) is 11.8 Å². The molecule has 2 unspecified atom stereocenters. The number of anilines is 1. The topological polar surface area (TPSA) is 107 Å². The van der Waals surface area contributed by atoms with Gasteiger partial charge in [0, 0.05) is 25.4 Å². The molecule has 190 valence electrons. The van der Waals surface area contributed by atoms with Crippen LogP contribution < -0.4 is 4.90 Å². The lowest BCUT2D eigenvalue weighted by Crippen LogP contribution is -2.56. The Kier molecular flexibility index (Phi) is 6.12. The Morgan fingerprint density at radius 3 is 2.64 bits per heavy atom. The fraction of sp³-hybridized carbons (Fsp3) is 0.464. The van der Waals surface area contributed by atoms with Crippen LogP contribution >= 0.6 is 0 Å². The summed E-state index contributed by atoms with van der Waals surface area (Å²) in [7, 11) is 0. The zero-order valence-corrected chi connectivity index (χ0v) is 20.4. The molecule has 3 saturated heterocycles. The second-order valence-electron chi connectivity index (χ2n) is 10.0. The van der Waals surface area contributed by atoms with Gasteiger partial charge in [-0.3, -0.25) is 14.4 Å². The van der Waals surface area contributed by atoms with Crippen LogP contribution in [0.2, 0.25) is 0 Å². The molecule has 0 saturated carbocycles. The van der Waals surface area contributed by atoms with E-state index in [4.69, 9.17) is 4.74 Å². The van der Waals surface area contributed by atoms with E-state index in [-0.39, 0.29) is 37.9 Å². The molecule has 2 N–H and O–H groups in total. The van der Waals surface area contributed by atoms with Crippen molar-refractivity contribution in [2.45, 2.75) is 49.9 Å². The maximum absolute atomic E-state index is 14.4. The number of nitrogens with zero attached hydrogens (tertiary/aromatic N) is 2. The quantitative estimate of drug-likeness (QED) is 0.521. The number of carboxylic acids is 1. The van der Waals surface area contributed by atoms with Crippen molar-refractivity contribution in [3.63, 3.8) is 0 Å². The van der Waals surface area contributed by atoms with Crippen LogP contribution in [0.5, 0.6) is 0 Å². The largest absolute Gasteiger partial charge is 0.481 e. The molecule has 2 aromatic carbocycles. The molecule has 8 nitrogen and oxygen atoms in total. The number of fused-ring (bicyclic) bond motifs is 2. The molecule has 5 rings (SSSR count). The molecule has 1 spiro atoms. The molecule has 2 bridgehead atoms. The van der Waals surface area contributed by atoms with Gasteiger partial charge >= 0.3 is 5.97 Å². The number of aliphatic carboxylic acids is 1. The first-order valence-electron chi connectivity index (χ1n) is 12.6. The Morgan fingerprint density at radius 2 is 1.97 bits per heavy atom. The van der Waals surface area contributed by atoms with E-state index >= 15 is 0 Å². The van der Waals surface area contributed by atoms with Crippen molar-refractivity contribution >= 4 is 34.2 Å². The first-order valence-corrected chi connectivity index (χ1v) is 12.6. The van der Waals surface area contributed by atoms with Crippen molar-refractivity contribution in [3.8, 4) is 0 Å². The number of aliphatic hydroxyl groups is 1. The van der Waals surface area contributed by atoms with Gasteiger partial charge in [-0.2, -0.15) is 0 Å². The van der Waals surface area contributed by atoms with E-state index in [1.54, 1.807) is 11.0 Å². The molecular formula is C28H32N2O6. The number of amides is 2. The number of aliphatic hydroxyl groups excluding tert-OH is 1. The van der Waals surface area contributed by atoms with Crippen molar-refractivity contribution in [3.05, 3.63) is 55.1 Å². The maximum atomic E-state index is 14.4. The highest BCUT2D eigenvalue weighted by atomic mass is 16.5. The van der Waals surface area contributed by atoms with E-state index in [9.17, 15) is 24.6 Å². The van der Waals surface area contributed by atoms with Gasteiger partial charge in [0.2, 0.25) is 5.91 Å². The van der Waals surface area contributed by atoms with E-state index in [0.29, 0.717) is 24.9 Å². The number of carbonyl (C=O) groups is 3. The van der Waals surface area contributed by atoms with Crippen molar-refractivity contribution in [1.29, 1.82) is 0 Å². The fourth-order valence-electron chi connectivity index (χ4n) is 6.80. The summed E-state index contributed by atoms with van der Waals surface area (Å²) in [6.07, 6.45) is 3.30. The van der Waals surface area contributed by atoms with Gasteiger partial charge in [-0.05, 0) is 48.6 Å². The highest BCUT2D eigenvalue weighted by molar-refractivity contribution is 6.05. The molecule has 3 heterocycles. The first-order chi connectivity index (χ1) is 17.3. The molecule has 2 amide bonds. The standard InChI is InChI=1S/C28H32N2O6/c1-3-14-29(20-11-10-18-8-5-6-9-19(18)17-20)25(33)23-28-13-12-27(4-2,36-28)22(26(34)35)21(28)24(32)30(23)15-7-16-31/h3,5-6,8-11,17,21-23,31H,1,4,7,12-16H2,2H3,(H,34,35)/t21-,22-,23?,27+,28?/m0/s1. The Hall–Kier alpha value is -3.23. The van der Waals surface area contributed by atoms with Crippen LogP contribution in [0.3, 0.4) is 0 Å². The van der Waals surface area contributed by atoms with Gasteiger partial charge < -0.3 is 24.7 Å². The van der Waals surface area contributed by atoms with Crippen LogP contribution in [0.15, 0.2) is 55.1 Å². The Morgan fingerprint density at radius 1 is 1.22 bits per heavy atom. The molecule has 3 fully saturated rings. The first kappa shape index (κ1) is 24.5. The lowest BCUT2D eigenvalue weighted by atomic mass is 9.65. The molecule has 3 aliphatic rings. The minimum absolute atomic E-state index is 0.147. The van der Waals surface area contributed by atoms with Gasteiger partial charge in [-0.15, -0.1) is 6.58 Å². The highest BCUT2D eigenvalue weighted by Gasteiger charge is 2.79. The second-order valence-corrected chi connectivity index (χ2v) is 10.0. The van der Waals surface area contributed by atoms with Crippen LogP contribution in [0, 0.1) is 11.8 Å². The third-order valence-corrected chi connectivity index (χ3v) is 8.36. The predicted octanol–water partition coefficient (Wildman–Crippen LogP) is 2.98. The minimum atomic E-state index is -1.21. The summed E-state index contributed by atoms with van der Waals surface area (Å²) in [4.78, 5) is 43.6. The van der Waals surface area contributed by atoms with Gasteiger partial charge in [-0.1, -0.05) is 43.3 Å². The van der Waals surface area contributed by atoms with Gasteiger partial charge in [-0.25, -0.2) is 0 Å². The zero-order chi connectivity index (χ0) is 25.7. The third-order valence-electron chi connectivity index (χ3n) is 8.36. The van der Waals surface area contributed by atoms with E-state index in [2.05, 4.69) is 6.58 Å². The van der Waals surface area contributed by atoms with Crippen molar-refractivity contribution < 1.29 is 29.3 Å². The molecule has 36 heavy (non-hydrogen) atoms. The molecule has 2 aromatic rings. The second kappa shape index (κ2) is 9.01. The monoisotopic (exact) mass is 492 g/mol. The van der Waals surface area contributed by atoms with Crippen molar-refractivity contribution in [2.75, 3.05) is 24.6 Å². The number of hydrogen-bond acceptors (Lipinski definition) is 5. The van der Waals surface area contributed by atoms with E-state index < -0.39 is 35.0 Å². The number of likely N-dealkylation sites (tertiary alicyclic amines) is 1. The van der Waals surface area contributed by atoms with Gasteiger partial charge in [0.1, 0.15) is 17.6 Å². The average Bonchev–Trinajstić information content (AvgIpc) is 3.49. The molecule has 3 aliphatic heterocycles. The normalized spacial score (nSPS) is 30.6. The molecule has 0 aliphatic carbocycles. The maximum Gasteiger partial charge on any atom is 0.310 e. The fourth-order valence-corrected chi connectivity index (χ4v) is 6.80. The summed E-state index contributed by atoms with van der Waals surface area (Å²) >= 11 is 0. The minimum Gasteiger partial charge on any atom is -0.481 e. The third kappa shape index (κ3) is 3.38. The van der Waals surface area contributed by atoms with Crippen LogP contribution in [-0.4, -0.2) is 69.8 Å². The van der Waals surface area contributed by atoms with Crippen LogP contribution in [0.1, 0.15) is 32.6 Å². The molecular weight excluding hydrogens is 460 g/mol. The number of ether oxygens (including phenoxy) is 1. The number of hydrogen-bond donors (Lipinski definition) is 2. The molecule has 0 radical (unpaired) electrons. The van der Waals surface area contributed by atoms with Crippen molar-refractivity contribution in [1.82, 2.24) is 4.90 Å². The number of benzene rings is 2. The summed E-state index contributed by atoms with van der Waals surface area (Å²) in [5.74, 6) is -3.70. The summed E-state index contributed by atoms with van der Waals surface area (Å²) < 4.78 is 6.56. The number of carbonyl (C=O) groups excluding carboxylic acids is 2. The summed E-state index contributed by atoms with van der Waals surface area (Å²) in [5.41, 5.74) is -1.50. The SMILES string of the molecule is C=CCN(C(=O)C1N(CCCO)C(=O)[C@@H]2[C@@H](C(=O)O)[C@@]3(CC)CCC12O3)c1ccc2ccccc2c1. The summed E-state index contributed by atoms with van der Waals surface area (Å²) in [6.45, 7) is 5.94. The average molecular weight is 493 g/mol. The smallest absolute Gasteiger partial charge is 0.310 e. The predicted molar refractivity (Wildman–Crippen MR) is 134 cm³/mol. The van der Waals surface area contributed by atoms with Crippen LogP contribution in [-0.2, 0) is 19.1 Å². The molecule has 8 heteroatoms. The zero-order valence-electron chi connectivity index (χ0n) is 20.4. The van der Waals surface area contributed by atoms with Crippen LogP contribution in [0.4, 0.5) is 5.69 Å². The van der Waals surface area contributed by atoms with Crippen LogP contribution in [0.25, 0.3) is 10.8 Å². The van der Waals surface area contributed by atoms with E-state index in [0.717, 1.165) is 10.8 Å². The lowest BCUT2D eigenvalue weighted by Gasteiger charge is -2.37. The summed E-state index contributed by atoms with van der Waals surface area (Å²) in [5, 5.41) is 21.7. The Bertz CT molecular complexity index is 1230. The van der Waals surface area contributed by atoms with Gasteiger partial charge in [0.25, 0.3) is 5.91 Å². The van der Waals surface area contributed by atoms with Gasteiger partial charge in [0.05, 0.1) is 11.5 Å². The van der Waals surface area contributed by atoms with E-state index in [1.165, 1.54) is 4.90 Å². The Balaban J connectivity index is 1.60. The van der Waals surface area contributed by atoms with Gasteiger partial charge in [0.15, 0.2) is 0 Å². The Labute approximate surface area is 210 Å². The number of carboxylic acid groups (broad SMARTS) is 1. The molecule has 0 aromatic heterocycles. The molecule has 5 atom stereocenters. The highest BCUT2D eigenvalue weighted by Crippen LogP contribution is 2.64. The summed E-state index contributed by atoms with van der Waals surface area (Å²) in [6, 6.07) is 12.6.